The zero-order valence-electron chi connectivity index (χ0n) is 16.7. The summed E-state index contributed by atoms with van der Waals surface area (Å²) in [6.07, 6.45) is 2.39. The fourth-order valence-corrected chi connectivity index (χ4v) is 3.48. The van der Waals surface area contributed by atoms with E-state index >= 15 is 0 Å². The van der Waals surface area contributed by atoms with Crippen LogP contribution in [0.15, 0.2) is 11.0 Å². The van der Waals surface area contributed by atoms with Crippen LogP contribution in [0.4, 0.5) is 0 Å². The highest BCUT2D eigenvalue weighted by atomic mass is 35.5. The molecule has 0 unspecified atom stereocenters. The summed E-state index contributed by atoms with van der Waals surface area (Å²) in [7, 11) is 3.21. The minimum absolute atomic E-state index is 0.0129. The predicted molar refractivity (Wildman–Crippen MR) is 107 cm³/mol. The average Bonchev–Trinajstić information content (AvgIpc) is 2.93. The van der Waals surface area contributed by atoms with Gasteiger partial charge in [0.25, 0.3) is 0 Å². The van der Waals surface area contributed by atoms with Crippen molar-refractivity contribution >= 4 is 35.0 Å². The first-order chi connectivity index (χ1) is 12.1. The number of methoxy groups -OCH3 is 2. The topological polar surface area (TPSA) is 57.7 Å². The minimum atomic E-state index is -0.509. The van der Waals surface area contributed by atoms with Crippen molar-refractivity contribution in [3.05, 3.63) is 21.7 Å². The Morgan fingerprint density at radius 1 is 1.31 bits per heavy atom. The van der Waals surface area contributed by atoms with Crippen molar-refractivity contribution in [3.63, 3.8) is 0 Å². The van der Waals surface area contributed by atoms with Crippen molar-refractivity contribution in [2.75, 3.05) is 14.2 Å². The van der Waals surface area contributed by atoms with Gasteiger partial charge in [-0.25, -0.2) is 4.98 Å². The highest BCUT2D eigenvalue weighted by Crippen LogP contribution is 2.35. The van der Waals surface area contributed by atoms with Gasteiger partial charge in [-0.3, -0.25) is 4.79 Å². The van der Waals surface area contributed by atoms with E-state index in [9.17, 15) is 4.79 Å². The third kappa shape index (κ3) is 7.74. The second kappa shape index (κ2) is 10.4. The van der Waals surface area contributed by atoms with Crippen molar-refractivity contribution < 1.29 is 19.0 Å². The largest absolute Gasteiger partial charge is 0.458 e. The molecule has 26 heavy (non-hydrogen) atoms. The molecule has 0 amide bonds. The molecule has 2 atom stereocenters. The summed E-state index contributed by atoms with van der Waals surface area (Å²) in [4.78, 5) is 15.6. The van der Waals surface area contributed by atoms with Gasteiger partial charge in [-0.15, -0.1) is 22.9 Å². The van der Waals surface area contributed by atoms with Gasteiger partial charge in [-0.2, -0.15) is 0 Å². The molecule has 0 aliphatic carbocycles. The first-order valence-corrected chi connectivity index (χ1v) is 9.84. The van der Waals surface area contributed by atoms with E-state index in [0.717, 1.165) is 16.3 Å². The highest BCUT2D eigenvalue weighted by molar-refractivity contribution is 7.09. The molecule has 5 nitrogen and oxygen atoms in total. The van der Waals surface area contributed by atoms with Gasteiger partial charge in [0.05, 0.1) is 10.7 Å². The van der Waals surface area contributed by atoms with E-state index in [1.54, 1.807) is 25.6 Å². The Bertz CT molecular complexity index is 605. The number of hydrogen-bond donors (Lipinski definition) is 0. The number of alkyl halides is 1. The molecule has 1 aromatic rings. The van der Waals surface area contributed by atoms with E-state index in [2.05, 4.69) is 4.98 Å². The molecule has 7 heteroatoms. The van der Waals surface area contributed by atoms with Crippen LogP contribution in [0.25, 0.3) is 6.08 Å². The summed E-state index contributed by atoms with van der Waals surface area (Å²) in [5, 5.41) is 2.98. The van der Waals surface area contributed by atoms with Crippen LogP contribution in [0.2, 0.25) is 0 Å². The number of hydrogen-bond acceptors (Lipinski definition) is 6. The number of carbonyl (C=O) groups excluding carboxylic acids is 1. The molecule has 1 heterocycles. The van der Waals surface area contributed by atoms with Gasteiger partial charge < -0.3 is 14.2 Å². The third-order valence-electron chi connectivity index (χ3n) is 4.30. The second-order valence-corrected chi connectivity index (χ2v) is 8.95. The molecule has 0 N–H and O–H groups in total. The zero-order valence-corrected chi connectivity index (χ0v) is 18.2. The summed E-state index contributed by atoms with van der Waals surface area (Å²) in [5.41, 5.74) is 1.80. The van der Waals surface area contributed by atoms with Gasteiger partial charge in [0, 0.05) is 37.8 Å². The summed E-state index contributed by atoms with van der Waals surface area (Å²) < 4.78 is 16.3. The fraction of sp³-hybridized carbons (Fsp3) is 0.684. The number of aryl methyl sites for hydroxylation is 1. The number of esters is 1. The molecule has 0 spiro atoms. The Kier molecular flexibility index (Phi) is 9.24. The van der Waals surface area contributed by atoms with Crippen LogP contribution in [0.5, 0.6) is 0 Å². The molecule has 0 aliphatic heterocycles. The molecule has 0 bridgehead atoms. The summed E-state index contributed by atoms with van der Waals surface area (Å²) in [6.45, 7) is 9.24. The molecule has 0 fully saturated rings. The number of thiazole rings is 1. The van der Waals surface area contributed by atoms with Crippen molar-refractivity contribution in [1.29, 1.82) is 0 Å². The van der Waals surface area contributed by atoms with Crippen molar-refractivity contribution in [3.8, 4) is 0 Å². The lowest BCUT2D eigenvalue weighted by atomic mass is 9.84. The molecule has 0 saturated heterocycles. The maximum Gasteiger partial charge on any atom is 0.303 e. The first kappa shape index (κ1) is 23.1. The Labute approximate surface area is 165 Å². The summed E-state index contributed by atoms with van der Waals surface area (Å²) in [5.74, 6) is -0.308. The first-order valence-electron chi connectivity index (χ1n) is 8.58. The Balaban J connectivity index is 3.04. The highest BCUT2D eigenvalue weighted by Gasteiger charge is 2.33. The minimum Gasteiger partial charge on any atom is -0.458 e. The van der Waals surface area contributed by atoms with Gasteiger partial charge >= 0.3 is 5.97 Å². The lowest BCUT2D eigenvalue weighted by Gasteiger charge is -2.33. The van der Waals surface area contributed by atoms with E-state index in [0.29, 0.717) is 12.8 Å². The van der Waals surface area contributed by atoms with Gasteiger partial charge in [0.1, 0.15) is 6.10 Å². The normalized spacial score (nSPS) is 15.2. The van der Waals surface area contributed by atoms with E-state index in [-0.39, 0.29) is 24.3 Å². The number of aromatic nitrogens is 1. The number of rotatable bonds is 10. The Hall–Kier alpha value is -0.950. The van der Waals surface area contributed by atoms with Crippen LogP contribution >= 0.6 is 22.9 Å². The van der Waals surface area contributed by atoms with Crippen molar-refractivity contribution in [1.82, 2.24) is 4.98 Å². The molecule has 0 radical (unpaired) electrons. The SMILES string of the molecule is COC(C[C@@H](C[C@H](OC(C)=O)/C(C)=C/c1csc(C)n1)C(C)(C)Cl)OC. The van der Waals surface area contributed by atoms with Gasteiger partial charge in [0.2, 0.25) is 0 Å². The molecular weight excluding hydrogens is 374 g/mol. The zero-order chi connectivity index (χ0) is 19.9. The van der Waals surface area contributed by atoms with Crippen LogP contribution in [0, 0.1) is 12.8 Å². The Morgan fingerprint density at radius 3 is 2.35 bits per heavy atom. The second-order valence-electron chi connectivity index (χ2n) is 6.91. The number of halogens is 1. The molecule has 1 rings (SSSR count). The fourth-order valence-electron chi connectivity index (χ4n) is 2.74. The number of ether oxygens (including phenoxy) is 3. The van der Waals surface area contributed by atoms with Gasteiger partial charge in [-0.1, -0.05) is 0 Å². The predicted octanol–water partition coefficient (Wildman–Crippen LogP) is 4.82. The van der Waals surface area contributed by atoms with E-state index in [1.165, 1.54) is 6.92 Å². The van der Waals surface area contributed by atoms with E-state index in [1.807, 2.05) is 39.2 Å². The quantitative estimate of drug-likeness (QED) is 0.318. The van der Waals surface area contributed by atoms with E-state index < -0.39 is 4.87 Å². The molecule has 0 saturated carbocycles. The number of carbonyl (C=O) groups is 1. The lowest BCUT2D eigenvalue weighted by molar-refractivity contribution is -0.146. The average molecular weight is 404 g/mol. The smallest absolute Gasteiger partial charge is 0.303 e. The molecule has 148 valence electrons. The van der Waals surface area contributed by atoms with Crippen LogP contribution in [-0.4, -0.2) is 42.4 Å². The Morgan fingerprint density at radius 2 is 1.92 bits per heavy atom. The monoisotopic (exact) mass is 403 g/mol. The van der Waals surface area contributed by atoms with Crippen molar-refractivity contribution in [2.24, 2.45) is 5.92 Å². The molecule has 0 aromatic carbocycles. The van der Waals surface area contributed by atoms with Gasteiger partial charge in [-0.05, 0) is 51.7 Å². The molecule has 0 aliphatic rings. The van der Waals surface area contributed by atoms with Crippen LogP contribution in [0.3, 0.4) is 0 Å². The van der Waals surface area contributed by atoms with Crippen LogP contribution < -0.4 is 0 Å². The van der Waals surface area contributed by atoms with Crippen LogP contribution in [0.1, 0.15) is 51.2 Å². The maximum atomic E-state index is 11.6. The summed E-state index contributed by atoms with van der Waals surface area (Å²) in [6, 6.07) is 0. The summed E-state index contributed by atoms with van der Waals surface area (Å²) >= 11 is 8.21. The molecular formula is C19H30ClNO4S. The maximum absolute atomic E-state index is 11.6. The van der Waals surface area contributed by atoms with Crippen LogP contribution in [-0.2, 0) is 19.0 Å². The molecule has 1 aromatic heterocycles. The van der Waals surface area contributed by atoms with Gasteiger partial charge in [0.15, 0.2) is 6.29 Å². The van der Waals surface area contributed by atoms with Crippen molar-refractivity contribution in [2.45, 2.75) is 64.7 Å². The standard InChI is InChI=1S/C19H30ClNO4S/c1-12(8-16-11-26-13(2)21-16)17(25-14(3)22)9-15(19(4,5)20)10-18(23-6)24-7/h8,11,15,17-18H,9-10H2,1-7H3/b12-8+/t15-,17+/m1/s1. The lowest BCUT2D eigenvalue weighted by Crippen LogP contribution is -2.34. The number of nitrogens with zero attached hydrogens (tertiary/aromatic N) is 1. The third-order valence-corrected chi connectivity index (χ3v) is 5.40. The van der Waals surface area contributed by atoms with E-state index in [4.69, 9.17) is 25.8 Å².